The summed E-state index contributed by atoms with van der Waals surface area (Å²) in [5.41, 5.74) is 0.427. The number of tetrazole rings is 1. The highest BCUT2D eigenvalue weighted by Crippen LogP contribution is 2.18. The molecule has 1 fully saturated rings. The average Bonchev–Trinajstić information content (AvgIpc) is 3.28. The van der Waals surface area contributed by atoms with E-state index in [0.717, 1.165) is 19.4 Å². The Morgan fingerprint density at radius 1 is 1.50 bits per heavy atom. The van der Waals surface area contributed by atoms with Gasteiger partial charge in [0.05, 0.1) is 18.4 Å². The standard InChI is InChI=1S/C14H18N6O3S/c1-19-6-2-5-11(19)13(22)15-12(21)9-24-14-16-17-18-20(14)8-10-4-3-7-23-10/h2,5-6,10H,3-4,7-9H2,1H3,(H,15,21,22)/t10-/m1/s1. The molecule has 2 aromatic heterocycles. The Hall–Kier alpha value is -2.20. The third-order valence-electron chi connectivity index (χ3n) is 3.66. The third kappa shape index (κ3) is 4.01. The van der Waals surface area contributed by atoms with Crippen LogP contribution in [0.3, 0.4) is 0 Å². The quantitative estimate of drug-likeness (QED) is 0.744. The van der Waals surface area contributed by atoms with Gasteiger partial charge in [-0.25, -0.2) is 4.68 Å². The van der Waals surface area contributed by atoms with Gasteiger partial charge in [-0.2, -0.15) is 0 Å². The van der Waals surface area contributed by atoms with Gasteiger partial charge in [0.2, 0.25) is 11.1 Å². The first-order valence-electron chi connectivity index (χ1n) is 7.59. The van der Waals surface area contributed by atoms with E-state index < -0.39 is 11.8 Å². The lowest BCUT2D eigenvalue weighted by atomic mass is 10.2. The number of aryl methyl sites for hydroxylation is 1. The van der Waals surface area contributed by atoms with Crippen LogP contribution in [0.25, 0.3) is 0 Å². The summed E-state index contributed by atoms with van der Waals surface area (Å²) < 4.78 is 8.84. The number of nitrogens with zero attached hydrogens (tertiary/aromatic N) is 5. The number of hydrogen-bond donors (Lipinski definition) is 1. The molecule has 1 atom stereocenters. The number of imide groups is 1. The van der Waals surface area contributed by atoms with E-state index in [0.29, 0.717) is 17.4 Å². The molecule has 0 bridgehead atoms. The molecule has 1 aliphatic heterocycles. The molecule has 24 heavy (non-hydrogen) atoms. The molecule has 2 amide bonds. The van der Waals surface area contributed by atoms with Crippen molar-refractivity contribution in [3.05, 3.63) is 24.0 Å². The van der Waals surface area contributed by atoms with Crippen LogP contribution >= 0.6 is 11.8 Å². The van der Waals surface area contributed by atoms with E-state index in [-0.39, 0.29) is 11.9 Å². The monoisotopic (exact) mass is 350 g/mol. The highest BCUT2D eigenvalue weighted by molar-refractivity contribution is 7.99. The largest absolute Gasteiger partial charge is 0.376 e. The van der Waals surface area contributed by atoms with Crippen molar-refractivity contribution < 1.29 is 14.3 Å². The van der Waals surface area contributed by atoms with E-state index in [1.807, 2.05) is 0 Å². The van der Waals surface area contributed by atoms with Crippen LogP contribution in [0.15, 0.2) is 23.5 Å². The Bertz CT molecular complexity index is 722. The minimum absolute atomic E-state index is 0.0576. The van der Waals surface area contributed by atoms with Crippen molar-refractivity contribution in [3.8, 4) is 0 Å². The number of hydrogen-bond acceptors (Lipinski definition) is 7. The third-order valence-corrected chi connectivity index (χ3v) is 4.62. The molecule has 0 saturated carbocycles. The maximum absolute atomic E-state index is 12.0. The summed E-state index contributed by atoms with van der Waals surface area (Å²) in [4.78, 5) is 23.9. The van der Waals surface area contributed by atoms with Crippen molar-refractivity contribution in [3.63, 3.8) is 0 Å². The SMILES string of the molecule is Cn1cccc1C(=O)NC(=O)CSc1nnnn1C[C@H]1CCCO1. The summed E-state index contributed by atoms with van der Waals surface area (Å²) in [6, 6.07) is 3.39. The molecule has 1 aliphatic rings. The van der Waals surface area contributed by atoms with Crippen molar-refractivity contribution in [1.29, 1.82) is 0 Å². The molecule has 0 unspecified atom stereocenters. The van der Waals surface area contributed by atoms with Crippen LogP contribution < -0.4 is 5.32 Å². The first-order chi connectivity index (χ1) is 11.6. The Morgan fingerprint density at radius 2 is 2.38 bits per heavy atom. The van der Waals surface area contributed by atoms with Gasteiger partial charge in [0.1, 0.15) is 5.69 Å². The van der Waals surface area contributed by atoms with Crippen molar-refractivity contribution >= 4 is 23.6 Å². The van der Waals surface area contributed by atoms with Crippen molar-refractivity contribution in [2.24, 2.45) is 7.05 Å². The predicted octanol–water partition coefficient (Wildman–Crippen LogP) is 0.239. The molecule has 0 spiro atoms. The molecule has 9 nitrogen and oxygen atoms in total. The van der Waals surface area contributed by atoms with Crippen LogP contribution in [-0.4, -0.2) is 55.1 Å². The van der Waals surface area contributed by atoms with Gasteiger partial charge in [-0.1, -0.05) is 11.8 Å². The van der Waals surface area contributed by atoms with E-state index in [2.05, 4.69) is 20.8 Å². The average molecular weight is 350 g/mol. The van der Waals surface area contributed by atoms with E-state index in [1.165, 1.54) is 11.8 Å². The van der Waals surface area contributed by atoms with Gasteiger partial charge in [0, 0.05) is 19.9 Å². The van der Waals surface area contributed by atoms with Crippen LogP contribution in [-0.2, 0) is 23.1 Å². The summed E-state index contributed by atoms with van der Waals surface area (Å²) in [6.07, 6.45) is 3.88. The molecule has 2 aromatic rings. The maximum Gasteiger partial charge on any atom is 0.274 e. The first kappa shape index (κ1) is 16.7. The number of carbonyl (C=O) groups is 2. The zero-order chi connectivity index (χ0) is 16.9. The summed E-state index contributed by atoms with van der Waals surface area (Å²) in [6.45, 7) is 1.33. The first-order valence-corrected chi connectivity index (χ1v) is 8.58. The number of rotatable bonds is 6. The van der Waals surface area contributed by atoms with Gasteiger partial charge in [0.15, 0.2) is 0 Å². The second-order valence-electron chi connectivity index (χ2n) is 5.45. The number of amides is 2. The van der Waals surface area contributed by atoms with Crippen LogP contribution in [0.1, 0.15) is 23.3 Å². The molecule has 3 rings (SSSR count). The maximum atomic E-state index is 12.0. The number of aromatic nitrogens is 5. The highest BCUT2D eigenvalue weighted by Gasteiger charge is 2.20. The molecule has 10 heteroatoms. The lowest BCUT2D eigenvalue weighted by molar-refractivity contribution is -0.117. The Labute approximate surface area is 142 Å². The lowest BCUT2D eigenvalue weighted by Crippen LogP contribution is -2.33. The smallest absolute Gasteiger partial charge is 0.274 e. The Morgan fingerprint density at radius 3 is 3.08 bits per heavy atom. The fraction of sp³-hybridized carbons (Fsp3) is 0.500. The van der Waals surface area contributed by atoms with Crippen molar-refractivity contribution in [1.82, 2.24) is 30.1 Å². The molecular weight excluding hydrogens is 332 g/mol. The molecule has 1 N–H and O–H groups in total. The van der Waals surface area contributed by atoms with E-state index in [1.54, 1.807) is 34.6 Å². The van der Waals surface area contributed by atoms with E-state index in [4.69, 9.17) is 4.74 Å². The normalized spacial score (nSPS) is 17.1. The summed E-state index contributed by atoms with van der Waals surface area (Å²) in [5.74, 6) is -0.757. The van der Waals surface area contributed by atoms with Gasteiger partial charge in [-0.15, -0.1) is 5.10 Å². The Balaban J connectivity index is 1.50. The molecule has 0 aromatic carbocycles. The number of carbonyl (C=O) groups excluding carboxylic acids is 2. The second-order valence-corrected chi connectivity index (χ2v) is 6.39. The zero-order valence-corrected chi connectivity index (χ0v) is 14.0. The highest BCUT2D eigenvalue weighted by atomic mass is 32.2. The lowest BCUT2D eigenvalue weighted by Gasteiger charge is -2.10. The fourth-order valence-electron chi connectivity index (χ4n) is 2.45. The molecule has 0 radical (unpaired) electrons. The molecule has 0 aliphatic carbocycles. The van der Waals surface area contributed by atoms with Crippen LogP contribution in [0.5, 0.6) is 0 Å². The van der Waals surface area contributed by atoms with Crippen LogP contribution in [0, 0.1) is 0 Å². The van der Waals surface area contributed by atoms with Crippen LogP contribution in [0.4, 0.5) is 0 Å². The molecule has 3 heterocycles. The van der Waals surface area contributed by atoms with Crippen LogP contribution in [0.2, 0.25) is 0 Å². The summed E-state index contributed by atoms with van der Waals surface area (Å²) >= 11 is 1.19. The molecular formula is C14H18N6O3S. The van der Waals surface area contributed by atoms with Gasteiger partial charge in [-0.05, 0) is 35.4 Å². The predicted molar refractivity (Wildman–Crippen MR) is 85.4 cm³/mol. The van der Waals surface area contributed by atoms with Gasteiger partial charge in [0.25, 0.3) is 5.91 Å². The van der Waals surface area contributed by atoms with Gasteiger partial charge < -0.3 is 9.30 Å². The molecule has 128 valence electrons. The van der Waals surface area contributed by atoms with E-state index >= 15 is 0 Å². The zero-order valence-electron chi connectivity index (χ0n) is 13.2. The Kier molecular flexibility index (Phi) is 5.26. The number of thioether (sulfide) groups is 1. The van der Waals surface area contributed by atoms with E-state index in [9.17, 15) is 9.59 Å². The number of ether oxygens (including phenoxy) is 1. The number of nitrogens with one attached hydrogen (secondary N) is 1. The van der Waals surface area contributed by atoms with Crippen molar-refractivity contribution in [2.75, 3.05) is 12.4 Å². The summed E-state index contributed by atoms with van der Waals surface area (Å²) in [7, 11) is 1.74. The summed E-state index contributed by atoms with van der Waals surface area (Å²) in [5, 5.41) is 14.4. The van der Waals surface area contributed by atoms with Gasteiger partial charge >= 0.3 is 0 Å². The molecule has 1 saturated heterocycles. The minimum atomic E-state index is -0.424. The van der Waals surface area contributed by atoms with Gasteiger partial charge in [-0.3, -0.25) is 14.9 Å². The topological polar surface area (TPSA) is 104 Å². The van der Waals surface area contributed by atoms with Crippen molar-refractivity contribution in [2.45, 2.75) is 30.6 Å². The second kappa shape index (κ2) is 7.58. The minimum Gasteiger partial charge on any atom is -0.376 e. The fourth-order valence-corrected chi connectivity index (χ4v) is 3.14.